The van der Waals surface area contributed by atoms with Crippen molar-refractivity contribution >= 4 is 34.9 Å². The van der Waals surface area contributed by atoms with E-state index in [9.17, 15) is 14.4 Å². The summed E-state index contributed by atoms with van der Waals surface area (Å²) in [6.07, 6.45) is 8.24. The number of aromatic nitrogens is 1. The van der Waals surface area contributed by atoms with Crippen LogP contribution in [0.2, 0.25) is 0 Å². The number of amides is 3. The predicted molar refractivity (Wildman–Crippen MR) is 107 cm³/mol. The van der Waals surface area contributed by atoms with Gasteiger partial charge in [-0.05, 0) is 66.4 Å². The third-order valence-electron chi connectivity index (χ3n) is 4.93. The molecule has 6 nitrogen and oxygen atoms in total. The number of carbonyl (C=O) groups is 3. The molecule has 2 aliphatic heterocycles. The maximum absolute atomic E-state index is 13.1. The highest BCUT2D eigenvalue weighted by atomic mass is 32.2. The van der Waals surface area contributed by atoms with Gasteiger partial charge in [0.05, 0.1) is 10.9 Å². The first-order chi connectivity index (χ1) is 13.6. The smallest absolute Gasteiger partial charge is 0.290 e. The molecule has 3 amide bonds. The molecule has 3 heterocycles. The van der Waals surface area contributed by atoms with Crippen LogP contribution in [0.3, 0.4) is 0 Å². The van der Waals surface area contributed by atoms with Crippen LogP contribution in [0, 0.1) is 0 Å². The summed E-state index contributed by atoms with van der Waals surface area (Å²) in [5.41, 5.74) is 2.44. The number of hydrogen-bond acceptors (Lipinski definition) is 5. The molecule has 2 saturated heterocycles. The van der Waals surface area contributed by atoms with Gasteiger partial charge in [0, 0.05) is 24.5 Å². The van der Waals surface area contributed by atoms with Gasteiger partial charge in [0.25, 0.3) is 17.1 Å². The van der Waals surface area contributed by atoms with E-state index in [2.05, 4.69) is 10.3 Å². The molecule has 1 unspecified atom stereocenters. The number of thioether (sulfide) groups is 1. The Hall–Kier alpha value is -2.93. The van der Waals surface area contributed by atoms with E-state index in [1.165, 1.54) is 0 Å². The summed E-state index contributed by atoms with van der Waals surface area (Å²) in [5, 5.41) is 1.86. The van der Waals surface area contributed by atoms with E-state index in [0.29, 0.717) is 10.5 Å². The number of benzene rings is 1. The van der Waals surface area contributed by atoms with E-state index in [-0.39, 0.29) is 23.1 Å². The molecule has 1 aromatic carbocycles. The van der Waals surface area contributed by atoms with Crippen LogP contribution in [-0.4, -0.2) is 33.5 Å². The Morgan fingerprint density at radius 1 is 1.18 bits per heavy atom. The van der Waals surface area contributed by atoms with Crippen molar-refractivity contribution in [2.24, 2.45) is 0 Å². The van der Waals surface area contributed by atoms with Gasteiger partial charge < -0.3 is 4.90 Å². The summed E-state index contributed by atoms with van der Waals surface area (Å²) in [6, 6.07) is 11.1. The molecule has 1 aromatic heterocycles. The first-order valence-electron chi connectivity index (χ1n) is 9.17. The van der Waals surface area contributed by atoms with Gasteiger partial charge in [-0.1, -0.05) is 18.2 Å². The van der Waals surface area contributed by atoms with Crippen LogP contribution >= 0.6 is 11.8 Å². The summed E-state index contributed by atoms with van der Waals surface area (Å²) in [7, 11) is 0. The van der Waals surface area contributed by atoms with Gasteiger partial charge in [0.1, 0.15) is 0 Å². The van der Waals surface area contributed by atoms with Crippen LogP contribution in [0.25, 0.3) is 6.08 Å². The third kappa shape index (κ3) is 3.84. The van der Waals surface area contributed by atoms with Crippen LogP contribution in [0.5, 0.6) is 0 Å². The Bertz CT molecular complexity index is 941. The van der Waals surface area contributed by atoms with Gasteiger partial charge in [-0.2, -0.15) is 0 Å². The molecule has 0 spiro atoms. The second-order valence-electron chi connectivity index (χ2n) is 6.77. The van der Waals surface area contributed by atoms with Crippen molar-refractivity contribution in [3.8, 4) is 0 Å². The molecule has 2 aliphatic rings. The zero-order chi connectivity index (χ0) is 19.5. The first kappa shape index (κ1) is 18.4. The fourth-order valence-electron chi connectivity index (χ4n) is 3.55. The summed E-state index contributed by atoms with van der Waals surface area (Å²) >= 11 is 0.880. The van der Waals surface area contributed by atoms with Gasteiger partial charge in [0.2, 0.25) is 0 Å². The second-order valence-corrected chi connectivity index (χ2v) is 7.79. The van der Waals surface area contributed by atoms with Crippen molar-refractivity contribution in [3.05, 3.63) is 70.4 Å². The number of piperidine rings is 1. The first-order valence-corrected chi connectivity index (χ1v) is 9.99. The molecule has 2 aromatic rings. The number of nitrogens with zero attached hydrogens (tertiary/aromatic N) is 2. The Morgan fingerprint density at radius 2 is 2.00 bits per heavy atom. The fourth-order valence-corrected chi connectivity index (χ4v) is 4.24. The minimum absolute atomic E-state index is 0.00378. The number of rotatable bonds is 3. The number of nitrogens with one attached hydrogen (secondary N) is 1. The lowest BCUT2D eigenvalue weighted by Gasteiger charge is -2.36. The lowest BCUT2D eigenvalue weighted by molar-refractivity contribution is -0.115. The molecule has 4 rings (SSSR count). The summed E-state index contributed by atoms with van der Waals surface area (Å²) in [6.45, 7) is 0.725. The van der Waals surface area contributed by atoms with Crippen molar-refractivity contribution < 1.29 is 14.4 Å². The Labute approximate surface area is 167 Å². The number of pyridine rings is 1. The van der Waals surface area contributed by atoms with Crippen molar-refractivity contribution in [2.75, 3.05) is 6.54 Å². The van der Waals surface area contributed by atoms with E-state index in [1.54, 1.807) is 36.5 Å². The van der Waals surface area contributed by atoms with Gasteiger partial charge in [-0.25, -0.2) is 0 Å². The molecule has 2 fully saturated rings. The topological polar surface area (TPSA) is 79.4 Å². The molecule has 142 valence electrons. The fraction of sp³-hybridized carbons (Fsp3) is 0.238. The maximum atomic E-state index is 13.1. The summed E-state index contributed by atoms with van der Waals surface area (Å²) in [4.78, 5) is 42.5. The molecule has 1 atom stereocenters. The molecular formula is C21H19N3O3S. The zero-order valence-corrected chi connectivity index (χ0v) is 15.9. The van der Waals surface area contributed by atoms with E-state index in [4.69, 9.17) is 0 Å². The third-order valence-corrected chi connectivity index (χ3v) is 5.74. The van der Waals surface area contributed by atoms with Gasteiger partial charge in [-0.3, -0.25) is 24.7 Å². The summed E-state index contributed by atoms with van der Waals surface area (Å²) < 4.78 is 0. The normalized spacial score (nSPS) is 21.1. The minimum atomic E-state index is -0.386. The minimum Gasteiger partial charge on any atom is -0.332 e. The molecule has 0 saturated carbocycles. The van der Waals surface area contributed by atoms with Crippen molar-refractivity contribution in [1.29, 1.82) is 0 Å². The van der Waals surface area contributed by atoms with E-state index in [0.717, 1.165) is 48.7 Å². The van der Waals surface area contributed by atoms with Crippen LogP contribution in [0.4, 0.5) is 4.79 Å². The predicted octanol–water partition coefficient (Wildman–Crippen LogP) is 3.77. The van der Waals surface area contributed by atoms with E-state index in [1.807, 2.05) is 23.2 Å². The molecule has 0 aliphatic carbocycles. The standard InChI is InChI=1S/C21H19N3O3S/c25-19-18(28-21(27)23-19)12-14-6-8-15(9-7-14)20(26)24-11-2-1-5-17(24)16-4-3-10-22-13-16/h3-4,6-10,12-13,17H,1-2,5,11H2,(H,23,25,27). The number of likely N-dealkylation sites (tertiary alicyclic amines) is 1. The lowest BCUT2D eigenvalue weighted by atomic mass is 9.95. The Kier molecular flexibility index (Phi) is 5.25. The SMILES string of the molecule is O=C1NC(=O)C(=Cc2ccc(C(=O)N3CCCCC3c3cccnc3)cc2)S1. The van der Waals surface area contributed by atoms with E-state index < -0.39 is 0 Å². The summed E-state index contributed by atoms with van der Waals surface area (Å²) in [5.74, 6) is -0.390. The van der Waals surface area contributed by atoms with Gasteiger partial charge in [-0.15, -0.1) is 0 Å². The quantitative estimate of drug-likeness (QED) is 0.803. The molecule has 28 heavy (non-hydrogen) atoms. The van der Waals surface area contributed by atoms with E-state index >= 15 is 0 Å². The molecular weight excluding hydrogens is 374 g/mol. The van der Waals surface area contributed by atoms with Crippen molar-refractivity contribution in [1.82, 2.24) is 15.2 Å². The monoisotopic (exact) mass is 393 g/mol. The van der Waals surface area contributed by atoms with Crippen LogP contribution in [0.1, 0.15) is 46.8 Å². The average Bonchev–Trinajstić information content (AvgIpc) is 3.05. The van der Waals surface area contributed by atoms with Crippen LogP contribution in [-0.2, 0) is 4.79 Å². The molecule has 0 radical (unpaired) electrons. The Morgan fingerprint density at radius 3 is 2.68 bits per heavy atom. The number of hydrogen-bond donors (Lipinski definition) is 1. The highest BCUT2D eigenvalue weighted by Gasteiger charge is 2.29. The van der Waals surface area contributed by atoms with Crippen molar-refractivity contribution in [2.45, 2.75) is 25.3 Å². The Balaban J connectivity index is 1.53. The van der Waals surface area contributed by atoms with Gasteiger partial charge >= 0.3 is 0 Å². The maximum Gasteiger partial charge on any atom is 0.290 e. The van der Waals surface area contributed by atoms with Gasteiger partial charge in [0.15, 0.2) is 0 Å². The van der Waals surface area contributed by atoms with Crippen molar-refractivity contribution in [3.63, 3.8) is 0 Å². The van der Waals surface area contributed by atoms with Crippen LogP contribution < -0.4 is 5.32 Å². The zero-order valence-electron chi connectivity index (χ0n) is 15.1. The molecule has 1 N–H and O–H groups in total. The highest BCUT2D eigenvalue weighted by Crippen LogP contribution is 2.32. The largest absolute Gasteiger partial charge is 0.332 e. The number of carbonyl (C=O) groups excluding carboxylic acids is 3. The lowest BCUT2D eigenvalue weighted by Crippen LogP contribution is -2.38. The molecule has 7 heteroatoms. The highest BCUT2D eigenvalue weighted by molar-refractivity contribution is 8.18. The average molecular weight is 393 g/mol. The van der Waals surface area contributed by atoms with Crippen LogP contribution in [0.15, 0.2) is 53.7 Å². The molecule has 0 bridgehead atoms. The second kappa shape index (κ2) is 7.98. The number of imide groups is 1.